The number of hydrogen-bond donors (Lipinski definition) is 0. The molecule has 0 saturated carbocycles. The number of hydrogen-bond acceptors (Lipinski definition) is 4. The average Bonchev–Trinajstić information content (AvgIpc) is 2.60. The maximum absolute atomic E-state index is 12.0. The van der Waals surface area contributed by atoms with Crippen molar-refractivity contribution in [3.05, 3.63) is 34.9 Å². The number of piperidine rings is 1. The molecular formula is C20H27ClN2O2. The van der Waals surface area contributed by atoms with Gasteiger partial charge < -0.3 is 4.74 Å². The number of benzene rings is 1. The van der Waals surface area contributed by atoms with Crippen molar-refractivity contribution < 1.29 is 9.53 Å². The molecule has 0 aliphatic carbocycles. The number of halogens is 1. The quantitative estimate of drug-likeness (QED) is 0.707. The van der Waals surface area contributed by atoms with Crippen LogP contribution in [0.1, 0.15) is 51.5 Å². The maximum atomic E-state index is 12.0. The molecular weight excluding hydrogens is 336 g/mol. The Labute approximate surface area is 155 Å². The Balaban J connectivity index is 2.30. The fourth-order valence-electron chi connectivity index (χ4n) is 3.88. The van der Waals surface area contributed by atoms with Crippen LogP contribution in [0, 0.1) is 11.3 Å². The highest BCUT2D eigenvalue weighted by atomic mass is 35.5. The van der Waals surface area contributed by atoms with Gasteiger partial charge in [-0.25, -0.2) is 0 Å². The molecule has 0 N–H and O–H groups in total. The van der Waals surface area contributed by atoms with E-state index >= 15 is 0 Å². The van der Waals surface area contributed by atoms with Crippen LogP contribution in [-0.2, 0) is 14.9 Å². The molecule has 0 spiro atoms. The van der Waals surface area contributed by atoms with Crippen molar-refractivity contribution in [3.63, 3.8) is 0 Å². The molecule has 3 unspecified atom stereocenters. The number of nitrogens with zero attached hydrogens (tertiary/aromatic N) is 2. The highest BCUT2D eigenvalue weighted by Crippen LogP contribution is 2.37. The highest BCUT2D eigenvalue weighted by Gasteiger charge is 2.38. The van der Waals surface area contributed by atoms with E-state index in [1.54, 1.807) is 6.07 Å². The number of esters is 1. The summed E-state index contributed by atoms with van der Waals surface area (Å²) < 4.78 is 4.86. The molecule has 1 fully saturated rings. The Kier molecular flexibility index (Phi) is 6.87. The summed E-state index contributed by atoms with van der Waals surface area (Å²) in [6.07, 6.45) is 4.16. The fourth-order valence-corrected chi connectivity index (χ4v) is 4.19. The number of carbonyl (C=O) groups is 1. The van der Waals surface area contributed by atoms with Crippen molar-refractivity contribution in [2.24, 2.45) is 0 Å². The third kappa shape index (κ3) is 4.54. The van der Waals surface area contributed by atoms with Crippen molar-refractivity contribution in [2.75, 3.05) is 13.7 Å². The lowest BCUT2D eigenvalue weighted by molar-refractivity contribution is -0.141. The van der Waals surface area contributed by atoms with E-state index < -0.39 is 5.41 Å². The number of methoxy groups -OCH3 is 1. The largest absolute Gasteiger partial charge is 0.469 e. The molecule has 0 aromatic heterocycles. The van der Waals surface area contributed by atoms with E-state index in [0.717, 1.165) is 6.54 Å². The highest BCUT2D eigenvalue weighted by molar-refractivity contribution is 6.31. The van der Waals surface area contributed by atoms with E-state index in [4.69, 9.17) is 16.3 Å². The summed E-state index contributed by atoms with van der Waals surface area (Å²) >= 11 is 6.38. The number of likely N-dealkylation sites (tertiary alicyclic amines) is 1. The predicted octanol–water partition coefficient (Wildman–Crippen LogP) is 4.32. The van der Waals surface area contributed by atoms with E-state index in [1.807, 2.05) is 18.2 Å². The van der Waals surface area contributed by atoms with Crippen LogP contribution in [0.4, 0.5) is 0 Å². The van der Waals surface area contributed by atoms with Crippen molar-refractivity contribution in [1.29, 1.82) is 5.26 Å². The van der Waals surface area contributed by atoms with Crippen LogP contribution in [0.15, 0.2) is 24.3 Å². The topological polar surface area (TPSA) is 53.3 Å². The summed E-state index contributed by atoms with van der Waals surface area (Å²) in [7, 11) is 1.35. The van der Waals surface area contributed by atoms with Gasteiger partial charge in [-0.15, -0.1) is 0 Å². The van der Waals surface area contributed by atoms with Gasteiger partial charge in [0.2, 0.25) is 0 Å². The number of rotatable bonds is 6. The molecule has 0 bridgehead atoms. The monoisotopic (exact) mass is 362 g/mol. The van der Waals surface area contributed by atoms with Gasteiger partial charge in [-0.1, -0.05) is 36.2 Å². The smallest absolute Gasteiger partial charge is 0.307 e. The Morgan fingerprint density at radius 3 is 2.56 bits per heavy atom. The zero-order chi connectivity index (χ0) is 18.4. The fraction of sp³-hybridized carbons (Fsp3) is 0.600. The summed E-state index contributed by atoms with van der Waals surface area (Å²) in [6, 6.07) is 10.7. The van der Waals surface area contributed by atoms with Crippen LogP contribution >= 0.6 is 11.6 Å². The van der Waals surface area contributed by atoms with Crippen molar-refractivity contribution in [2.45, 2.75) is 63.5 Å². The van der Waals surface area contributed by atoms with Crippen LogP contribution in [0.25, 0.3) is 0 Å². The summed E-state index contributed by atoms with van der Waals surface area (Å²) in [6.45, 7) is 5.23. The normalized spacial score (nSPS) is 23.5. The summed E-state index contributed by atoms with van der Waals surface area (Å²) in [5.74, 6) is -0.388. The van der Waals surface area contributed by atoms with Gasteiger partial charge in [-0.2, -0.15) is 5.26 Å². The number of carbonyl (C=O) groups excluding carboxylic acids is 1. The molecule has 1 aromatic carbocycles. The maximum Gasteiger partial charge on any atom is 0.307 e. The van der Waals surface area contributed by atoms with E-state index in [-0.39, 0.29) is 12.4 Å². The molecule has 136 valence electrons. The molecule has 25 heavy (non-hydrogen) atoms. The zero-order valence-corrected chi connectivity index (χ0v) is 16.1. The average molecular weight is 363 g/mol. The van der Waals surface area contributed by atoms with E-state index in [0.29, 0.717) is 29.1 Å². The van der Waals surface area contributed by atoms with E-state index in [2.05, 4.69) is 24.8 Å². The van der Waals surface area contributed by atoms with Gasteiger partial charge in [0.15, 0.2) is 0 Å². The molecule has 0 amide bonds. The molecule has 5 heteroatoms. The second-order valence-corrected chi connectivity index (χ2v) is 7.45. The minimum absolute atomic E-state index is 0.0142. The molecule has 3 atom stereocenters. The zero-order valence-electron chi connectivity index (χ0n) is 15.3. The van der Waals surface area contributed by atoms with Crippen LogP contribution in [-0.4, -0.2) is 36.6 Å². The van der Waals surface area contributed by atoms with Crippen molar-refractivity contribution in [3.8, 4) is 6.07 Å². The second kappa shape index (κ2) is 8.69. The van der Waals surface area contributed by atoms with Crippen molar-refractivity contribution in [1.82, 2.24) is 4.90 Å². The molecule has 4 nitrogen and oxygen atoms in total. The van der Waals surface area contributed by atoms with Gasteiger partial charge in [0.25, 0.3) is 0 Å². The van der Waals surface area contributed by atoms with Crippen LogP contribution < -0.4 is 0 Å². The Morgan fingerprint density at radius 2 is 2.00 bits per heavy atom. The minimum Gasteiger partial charge on any atom is -0.469 e. The Hall–Kier alpha value is -1.57. The molecule has 2 rings (SSSR count). The predicted molar refractivity (Wildman–Crippen MR) is 99.5 cm³/mol. The molecule has 1 saturated heterocycles. The third-order valence-electron chi connectivity index (χ3n) is 5.45. The summed E-state index contributed by atoms with van der Waals surface area (Å²) in [5, 5.41) is 10.5. The van der Waals surface area contributed by atoms with Gasteiger partial charge in [0, 0.05) is 23.7 Å². The van der Waals surface area contributed by atoms with Gasteiger partial charge in [-0.05, 0) is 44.7 Å². The van der Waals surface area contributed by atoms with Crippen LogP contribution in [0.2, 0.25) is 5.02 Å². The third-order valence-corrected chi connectivity index (χ3v) is 5.78. The minimum atomic E-state index is -0.970. The van der Waals surface area contributed by atoms with E-state index in [1.165, 1.54) is 26.4 Å². The SMILES string of the molecule is COC(=O)CC(C#N)(CCN1C(C)CCCC1C)c1ccccc1Cl. The standard InChI is InChI=1S/C20H27ClN2O2/c1-15-7-6-8-16(2)23(15)12-11-20(14-22,13-19(24)25-3)17-9-4-5-10-18(17)21/h4-5,9-10,15-16H,6-8,11-13H2,1-3H3. The summed E-state index contributed by atoms with van der Waals surface area (Å²) in [5.41, 5.74) is -0.260. The first-order valence-corrected chi connectivity index (χ1v) is 9.30. The Bertz CT molecular complexity index is 633. The van der Waals surface area contributed by atoms with Crippen molar-refractivity contribution >= 4 is 17.6 Å². The first-order chi connectivity index (χ1) is 11.9. The lowest BCUT2D eigenvalue weighted by Gasteiger charge is -2.40. The van der Waals surface area contributed by atoms with Gasteiger partial charge >= 0.3 is 5.97 Å². The Morgan fingerprint density at radius 1 is 1.36 bits per heavy atom. The number of nitriles is 1. The van der Waals surface area contributed by atoms with Crippen LogP contribution in [0.3, 0.4) is 0 Å². The lowest BCUT2D eigenvalue weighted by Crippen LogP contribution is -2.46. The van der Waals surface area contributed by atoms with Gasteiger partial charge in [0.05, 0.1) is 25.0 Å². The molecule has 1 aromatic rings. The molecule has 1 heterocycles. The first-order valence-electron chi connectivity index (χ1n) is 8.92. The van der Waals surface area contributed by atoms with Gasteiger partial charge in [-0.3, -0.25) is 9.69 Å². The summed E-state index contributed by atoms with van der Waals surface area (Å²) in [4.78, 5) is 14.5. The lowest BCUT2D eigenvalue weighted by atomic mass is 9.75. The first kappa shape index (κ1) is 19.8. The van der Waals surface area contributed by atoms with E-state index in [9.17, 15) is 10.1 Å². The second-order valence-electron chi connectivity index (χ2n) is 7.04. The van der Waals surface area contributed by atoms with Crippen LogP contribution in [0.5, 0.6) is 0 Å². The molecule has 1 aliphatic heterocycles. The molecule has 1 aliphatic rings. The number of ether oxygens (including phenoxy) is 1. The molecule has 0 radical (unpaired) electrons. The van der Waals surface area contributed by atoms with Gasteiger partial charge in [0.1, 0.15) is 0 Å².